The molecule has 3 nitrogen and oxygen atoms in total. The molecule has 0 amide bonds. The number of thioether (sulfide) groups is 1. The Morgan fingerprint density at radius 2 is 2.21 bits per heavy atom. The Balaban J connectivity index is 2.09. The Morgan fingerprint density at radius 1 is 1.42 bits per heavy atom. The summed E-state index contributed by atoms with van der Waals surface area (Å²) in [7, 11) is 1.43. The molecule has 0 fully saturated rings. The topological polar surface area (TPSA) is 35.5 Å². The van der Waals surface area contributed by atoms with E-state index in [1.807, 2.05) is 25.1 Å². The molecule has 0 spiro atoms. The normalized spacial score (nSPS) is 11.9. The molecule has 0 bridgehead atoms. The van der Waals surface area contributed by atoms with Gasteiger partial charge in [-0.15, -0.1) is 0 Å². The fourth-order valence-corrected chi connectivity index (χ4v) is 2.56. The number of aryl methyl sites for hydroxylation is 1. The second kappa shape index (κ2) is 8.86. The minimum atomic E-state index is -0.143. The van der Waals surface area contributed by atoms with Gasteiger partial charge < -0.3 is 9.47 Å². The SMILES string of the molecule is COC(=O)CC(C)SCCCOc1cccc(C)c1. The molecule has 0 saturated heterocycles. The average molecular weight is 282 g/mol. The lowest BCUT2D eigenvalue weighted by Crippen LogP contribution is -2.09. The molecule has 1 unspecified atom stereocenters. The lowest BCUT2D eigenvalue weighted by Gasteiger charge is -2.10. The van der Waals surface area contributed by atoms with Gasteiger partial charge >= 0.3 is 5.97 Å². The Morgan fingerprint density at radius 3 is 2.89 bits per heavy atom. The lowest BCUT2D eigenvalue weighted by molar-refractivity contribution is -0.140. The number of ether oxygens (including phenoxy) is 2. The van der Waals surface area contributed by atoms with E-state index >= 15 is 0 Å². The summed E-state index contributed by atoms with van der Waals surface area (Å²) in [4.78, 5) is 11.1. The number of rotatable bonds is 8. The summed E-state index contributed by atoms with van der Waals surface area (Å²) >= 11 is 1.78. The van der Waals surface area contributed by atoms with Crippen molar-refractivity contribution in [2.45, 2.75) is 31.9 Å². The fraction of sp³-hybridized carbons (Fsp3) is 0.533. The number of esters is 1. The summed E-state index contributed by atoms with van der Waals surface area (Å²) in [5, 5.41) is 0.298. The molecule has 0 aliphatic carbocycles. The van der Waals surface area contributed by atoms with Gasteiger partial charge in [-0.05, 0) is 36.8 Å². The molecular weight excluding hydrogens is 260 g/mol. The van der Waals surface area contributed by atoms with Gasteiger partial charge in [0.25, 0.3) is 0 Å². The van der Waals surface area contributed by atoms with Gasteiger partial charge in [0.1, 0.15) is 5.75 Å². The van der Waals surface area contributed by atoms with Crippen molar-refractivity contribution < 1.29 is 14.3 Å². The highest BCUT2D eigenvalue weighted by Crippen LogP contribution is 2.17. The van der Waals surface area contributed by atoms with Crippen molar-refractivity contribution in [3.8, 4) is 5.75 Å². The average Bonchev–Trinajstić information content (AvgIpc) is 2.38. The van der Waals surface area contributed by atoms with Gasteiger partial charge in [0.05, 0.1) is 20.1 Å². The Bertz CT molecular complexity index is 393. The number of hydrogen-bond acceptors (Lipinski definition) is 4. The number of methoxy groups -OCH3 is 1. The monoisotopic (exact) mass is 282 g/mol. The number of carbonyl (C=O) groups is 1. The largest absolute Gasteiger partial charge is 0.494 e. The highest BCUT2D eigenvalue weighted by atomic mass is 32.2. The van der Waals surface area contributed by atoms with Gasteiger partial charge in [0, 0.05) is 5.25 Å². The maximum absolute atomic E-state index is 11.1. The molecule has 1 atom stereocenters. The molecule has 0 aromatic heterocycles. The first kappa shape index (κ1) is 15.9. The van der Waals surface area contributed by atoms with Crippen LogP contribution in [0.2, 0.25) is 0 Å². The fourth-order valence-electron chi connectivity index (χ4n) is 1.62. The third-order valence-corrected chi connectivity index (χ3v) is 3.89. The summed E-state index contributed by atoms with van der Waals surface area (Å²) in [5.41, 5.74) is 1.21. The zero-order valence-electron chi connectivity index (χ0n) is 11.8. The van der Waals surface area contributed by atoms with Crippen LogP contribution < -0.4 is 4.74 Å². The molecule has 106 valence electrons. The number of carbonyl (C=O) groups excluding carboxylic acids is 1. The molecule has 1 rings (SSSR count). The molecule has 0 N–H and O–H groups in total. The molecule has 0 heterocycles. The summed E-state index contributed by atoms with van der Waals surface area (Å²) in [6.45, 7) is 4.81. The Labute approximate surface area is 119 Å². The van der Waals surface area contributed by atoms with Gasteiger partial charge in [-0.25, -0.2) is 0 Å². The molecule has 0 radical (unpaired) electrons. The van der Waals surface area contributed by atoms with Crippen LogP contribution in [-0.2, 0) is 9.53 Å². The van der Waals surface area contributed by atoms with E-state index in [-0.39, 0.29) is 5.97 Å². The van der Waals surface area contributed by atoms with E-state index in [1.54, 1.807) is 11.8 Å². The van der Waals surface area contributed by atoms with E-state index < -0.39 is 0 Å². The van der Waals surface area contributed by atoms with Crippen LogP contribution in [0.3, 0.4) is 0 Å². The van der Waals surface area contributed by atoms with E-state index in [4.69, 9.17) is 4.74 Å². The van der Waals surface area contributed by atoms with Gasteiger partial charge in [-0.1, -0.05) is 19.1 Å². The van der Waals surface area contributed by atoms with Crippen molar-refractivity contribution in [1.82, 2.24) is 0 Å². The van der Waals surface area contributed by atoms with E-state index in [9.17, 15) is 4.79 Å². The summed E-state index contributed by atoms with van der Waals surface area (Å²) in [6, 6.07) is 8.06. The second-order valence-corrected chi connectivity index (χ2v) is 6.03. The van der Waals surface area contributed by atoms with Crippen LogP contribution in [0, 0.1) is 6.92 Å². The van der Waals surface area contributed by atoms with Crippen molar-refractivity contribution in [2.24, 2.45) is 0 Å². The lowest BCUT2D eigenvalue weighted by atomic mass is 10.2. The van der Waals surface area contributed by atoms with Crippen molar-refractivity contribution in [3.05, 3.63) is 29.8 Å². The first-order valence-electron chi connectivity index (χ1n) is 6.49. The van der Waals surface area contributed by atoms with Crippen molar-refractivity contribution in [3.63, 3.8) is 0 Å². The second-order valence-electron chi connectivity index (χ2n) is 4.48. The predicted molar refractivity (Wildman–Crippen MR) is 79.8 cm³/mol. The number of benzene rings is 1. The maximum atomic E-state index is 11.1. The van der Waals surface area contributed by atoms with Crippen LogP contribution in [0.15, 0.2) is 24.3 Å². The molecule has 19 heavy (non-hydrogen) atoms. The van der Waals surface area contributed by atoms with Gasteiger partial charge in [0.2, 0.25) is 0 Å². The standard InChI is InChI=1S/C15H22O3S/c1-12-6-4-7-14(10-12)18-8-5-9-19-13(2)11-15(16)17-3/h4,6-7,10,13H,5,8-9,11H2,1-3H3. The minimum Gasteiger partial charge on any atom is -0.494 e. The molecule has 0 aliphatic heterocycles. The number of hydrogen-bond donors (Lipinski definition) is 0. The molecule has 0 aliphatic rings. The van der Waals surface area contributed by atoms with Crippen LogP contribution in [-0.4, -0.2) is 30.7 Å². The highest BCUT2D eigenvalue weighted by molar-refractivity contribution is 7.99. The molecule has 0 saturated carbocycles. The van der Waals surface area contributed by atoms with E-state index in [2.05, 4.69) is 17.7 Å². The van der Waals surface area contributed by atoms with Crippen LogP contribution in [0.25, 0.3) is 0 Å². The van der Waals surface area contributed by atoms with Crippen molar-refractivity contribution in [2.75, 3.05) is 19.5 Å². The zero-order valence-corrected chi connectivity index (χ0v) is 12.7. The molecule has 4 heteroatoms. The quantitative estimate of drug-likeness (QED) is 0.540. The molecule has 1 aromatic carbocycles. The summed E-state index contributed by atoms with van der Waals surface area (Å²) in [6.07, 6.45) is 1.45. The molecular formula is C15H22O3S. The highest BCUT2D eigenvalue weighted by Gasteiger charge is 2.08. The third kappa shape index (κ3) is 7.11. The third-order valence-electron chi connectivity index (χ3n) is 2.63. The van der Waals surface area contributed by atoms with Crippen LogP contribution in [0.1, 0.15) is 25.3 Å². The molecule has 1 aromatic rings. The Hall–Kier alpha value is -1.16. The minimum absolute atomic E-state index is 0.143. The zero-order chi connectivity index (χ0) is 14.1. The van der Waals surface area contributed by atoms with Crippen LogP contribution in [0.5, 0.6) is 5.75 Å². The van der Waals surface area contributed by atoms with E-state index in [0.29, 0.717) is 18.3 Å². The first-order valence-corrected chi connectivity index (χ1v) is 7.54. The predicted octanol–water partition coefficient (Wildman–Crippen LogP) is 3.45. The van der Waals surface area contributed by atoms with E-state index in [0.717, 1.165) is 17.9 Å². The smallest absolute Gasteiger partial charge is 0.306 e. The van der Waals surface area contributed by atoms with Crippen LogP contribution in [0.4, 0.5) is 0 Å². The van der Waals surface area contributed by atoms with Gasteiger partial charge in [-0.2, -0.15) is 11.8 Å². The maximum Gasteiger partial charge on any atom is 0.306 e. The van der Waals surface area contributed by atoms with Gasteiger partial charge in [0.15, 0.2) is 0 Å². The van der Waals surface area contributed by atoms with Crippen molar-refractivity contribution in [1.29, 1.82) is 0 Å². The summed E-state index contributed by atoms with van der Waals surface area (Å²) in [5.74, 6) is 1.77. The van der Waals surface area contributed by atoms with E-state index in [1.165, 1.54) is 12.7 Å². The first-order chi connectivity index (χ1) is 9.11. The van der Waals surface area contributed by atoms with Crippen molar-refractivity contribution >= 4 is 17.7 Å². The Kier molecular flexibility index (Phi) is 7.41. The van der Waals surface area contributed by atoms with Gasteiger partial charge in [-0.3, -0.25) is 4.79 Å². The summed E-state index contributed by atoms with van der Waals surface area (Å²) < 4.78 is 10.3. The van der Waals surface area contributed by atoms with Crippen LogP contribution >= 0.6 is 11.8 Å².